The van der Waals surface area contributed by atoms with Crippen molar-refractivity contribution < 1.29 is 13.2 Å². The van der Waals surface area contributed by atoms with E-state index in [-0.39, 0.29) is 22.9 Å². The van der Waals surface area contributed by atoms with E-state index in [1.165, 1.54) is 10.4 Å². The Bertz CT molecular complexity index is 935. The van der Waals surface area contributed by atoms with E-state index in [9.17, 15) is 13.2 Å². The van der Waals surface area contributed by atoms with Crippen LogP contribution >= 0.6 is 0 Å². The van der Waals surface area contributed by atoms with Crippen molar-refractivity contribution in [2.45, 2.75) is 43.2 Å². The highest BCUT2D eigenvalue weighted by Crippen LogP contribution is 2.36. The fourth-order valence-corrected chi connectivity index (χ4v) is 5.05. The van der Waals surface area contributed by atoms with Crippen molar-refractivity contribution >= 4 is 21.6 Å². The summed E-state index contributed by atoms with van der Waals surface area (Å²) in [6, 6.07) is 14.0. The van der Waals surface area contributed by atoms with Crippen LogP contribution in [-0.2, 0) is 16.4 Å². The van der Waals surface area contributed by atoms with Gasteiger partial charge >= 0.3 is 0 Å². The minimum absolute atomic E-state index is 0.147. The maximum atomic E-state index is 13.2. The highest BCUT2D eigenvalue weighted by Gasteiger charge is 2.36. The zero-order valence-corrected chi connectivity index (χ0v) is 14.8. The number of rotatable bonds is 4. The summed E-state index contributed by atoms with van der Waals surface area (Å²) < 4.78 is 27.9. The minimum atomic E-state index is -3.72. The maximum absolute atomic E-state index is 13.2. The van der Waals surface area contributed by atoms with Crippen molar-refractivity contribution in [2.75, 3.05) is 4.31 Å². The van der Waals surface area contributed by atoms with Gasteiger partial charge in [-0.05, 0) is 56.0 Å². The van der Waals surface area contributed by atoms with Gasteiger partial charge in [0.15, 0.2) is 0 Å². The molecule has 0 spiro atoms. The predicted octanol–water partition coefficient (Wildman–Crippen LogP) is 2.72. The van der Waals surface area contributed by atoms with E-state index >= 15 is 0 Å². The monoisotopic (exact) mass is 356 g/mol. The lowest BCUT2D eigenvalue weighted by molar-refractivity contribution is 0.0951. The van der Waals surface area contributed by atoms with Gasteiger partial charge in [-0.2, -0.15) is 0 Å². The summed E-state index contributed by atoms with van der Waals surface area (Å²) in [6.07, 6.45) is 2.68. The molecule has 6 heteroatoms. The Morgan fingerprint density at radius 1 is 1.12 bits per heavy atom. The molecular formula is C19H20N2O3S. The van der Waals surface area contributed by atoms with Crippen LogP contribution in [0.25, 0.3) is 0 Å². The van der Waals surface area contributed by atoms with E-state index in [0.717, 1.165) is 24.1 Å². The number of hydrogen-bond donors (Lipinski definition) is 1. The first-order valence-corrected chi connectivity index (χ1v) is 9.94. The van der Waals surface area contributed by atoms with Crippen LogP contribution in [0.15, 0.2) is 53.4 Å². The number of para-hydroxylation sites is 1. The lowest BCUT2D eigenvalue weighted by Crippen LogP contribution is -2.36. The number of carbonyl (C=O) groups excluding carboxylic acids is 1. The van der Waals surface area contributed by atoms with E-state index in [0.29, 0.717) is 12.0 Å². The number of benzene rings is 2. The zero-order chi connectivity index (χ0) is 17.6. The van der Waals surface area contributed by atoms with Crippen LogP contribution < -0.4 is 9.62 Å². The van der Waals surface area contributed by atoms with Gasteiger partial charge in [0, 0.05) is 17.6 Å². The Balaban J connectivity index is 1.70. The fourth-order valence-electron chi connectivity index (χ4n) is 3.31. The minimum Gasteiger partial charge on any atom is -0.349 e. The van der Waals surface area contributed by atoms with Crippen LogP contribution in [0.5, 0.6) is 0 Å². The lowest BCUT2D eigenvalue weighted by atomic mass is 10.1. The fraction of sp³-hybridized carbons (Fsp3) is 0.316. The predicted molar refractivity (Wildman–Crippen MR) is 96.2 cm³/mol. The summed E-state index contributed by atoms with van der Waals surface area (Å²) in [4.78, 5) is 12.4. The molecular weight excluding hydrogens is 336 g/mol. The summed E-state index contributed by atoms with van der Waals surface area (Å²) in [5.41, 5.74) is 2.14. The topological polar surface area (TPSA) is 66.5 Å². The van der Waals surface area contributed by atoms with Crippen LogP contribution in [0, 0.1) is 0 Å². The third-order valence-electron chi connectivity index (χ3n) is 4.71. The number of carbonyl (C=O) groups is 1. The van der Waals surface area contributed by atoms with Crippen LogP contribution in [0.3, 0.4) is 0 Å². The van der Waals surface area contributed by atoms with Crippen LogP contribution in [0.2, 0.25) is 0 Å². The molecule has 1 saturated carbocycles. The quantitative estimate of drug-likeness (QED) is 0.916. The van der Waals surface area contributed by atoms with Gasteiger partial charge in [0.05, 0.1) is 10.6 Å². The van der Waals surface area contributed by atoms with Crippen LogP contribution in [0.1, 0.15) is 35.7 Å². The molecule has 5 nitrogen and oxygen atoms in total. The van der Waals surface area contributed by atoms with E-state index in [4.69, 9.17) is 0 Å². The second-order valence-electron chi connectivity index (χ2n) is 6.76. The lowest BCUT2D eigenvalue weighted by Gasteiger charge is -2.24. The molecule has 1 heterocycles. The molecule has 2 aromatic carbocycles. The van der Waals surface area contributed by atoms with Crippen molar-refractivity contribution in [2.24, 2.45) is 0 Å². The molecule has 1 amide bonds. The van der Waals surface area contributed by atoms with E-state index < -0.39 is 10.0 Å². The maximum Gasteiger partial charge on any atom is 0.264 e. The molecule has 1 N–H and O–H groups in total. The summed E-state index contributed by atoms with van der Waals surface area (Å²) in [5.74, 6) is -0.213. The van der Waals surface area contributed by atoms with Crippen LogP contribution in [0.4, 0.5) is 5.69 Å². The number of anilines is 1. The van der Waals surface area contributed by atoms with E-state index in [1.807, 2.05) is 31.2 Å². The van der Waals surface area contributed by atoms with Gasteiger partial charge < -0.3 is 5.32 Å². The normalized spacial score (nSPS) is 19.6. The molecule has 0 radical (unpaired) electrons. The number of nitrogens with one attached hydrogen (secondary N) is 1. The standard InChI is InChI=1S/C19H20N2O3S/c1-13-11-14-5-2-3-8-18(14)21(13)25(23,24)17-7-4-6-15(12-17)19(22)20-16-9-10-16/h2-8,12-13,16H,9-11H2,1H3,(H,20,22)/t13-/m1/s1. The molecule has 1 aliphatic heterocycles. The molecule has 130 valence electrons. The Labute approximate surface area is 147 Å². The molecule has 0 bridgehead atoms. The second-order valence-corrected chi connectivity index (χ2v) is 8.57. The highest BCUT2D eigenvalue weighted by molar-refractivity contribution is 7.92. The first kappa shape index (κ1) is 16.1. The van der Waals surface area contributed by atoms with Gasteiger partial charge in [0.2, 0.25) is 0 Å². The van der Waals surface area contributed by atoms with Crippen molar-refractivity contribution in [1.29, 1.82) is 0 Å². The van der Waals surface area contributed by atoms with E-state index in [2.05, 4.69) is 5.32 Å². The van der Waals surface area contributed by atoms with Crippen molar-refractivity contribution in [3.05, 3.63) is 59.7 Å². The third-order valence-corrected chi connectivity index (χ3v) is 6.63. The number of fused-ring (bicyclic) bond motifs is 1. The van der Waals surface area contributed by atoms with Gasteiger partial charge in [-0.1, -0.05) is 24.3 Å². The number of sulfonamides is 1. The van der Waals surface area contributed by atoms with E-state index in [1.54, 1.807) is 18.2 Å². The Kier molecular flexibility index (Phi) is 3.80. The molecule has 0 saturated heterocycles. The highest BCUT2D eigenvalue weighted by atomic mass is 32.2. The summed E-state index contributed by atoms with van der Waals surface area (Å²) in [7, 11) is -3.72. The van der Waals surface area contributed by atoms with Gasteiger partial charge in [-0.15, -0.1) is 0 Å². The molecule has 1 fully saturated rings. The summed E-state index contributed by atoms with van der Waals surface area (Å²) in [6.45, 7) is 1.90. The summed E-state index contributed by atoms with van der Waals surface area (Å²) >= 11 is 0. The van der Waals surface area contributed by atoms with Gasteiger partial charge in [-0.3, -0.25) is 9.10 Å². The van der Waals surface area contributed by atoms with Crippen molar-refractivity contribution in [1.82, 2.24) is 5.32 Å². The van der Waals surface area contributed by atoms with Gasteiger partial charge in [-0.25, -0.2) is 8.42 Å². The molecule has 0 aromatic heterocycles. The number of amides is 1. The molecule has 25 heavy (non-hydrogen) atoms. The van der Waals surface area contributed by atoms with Crippen molar-refractivity contribution in [3.8, 4) is 0 Å². The number of nitrogens with zero attached hydrogens (tertiary/aromatic N) is 1. The van der Waals surface area contributed by atoms with Crippen molar-refractivity contribution in [3.63, 3.8) is 0 Å². The largest absolute Gasteiger partial charge is 0.349 e. The molecule has 4 rings (SSSR count). The summed E-state index contributed by atoms with van der Waals surface area (Å²) in [5, 5.41) is 2.90. The molecule has 1 aliphatic carbocycles. The molecule has 2 aromatic rings. The SMILES string of the molecule is C[C@@H]1Cc2ccccc2N1S(=O)(=O)c1cccc(C(=O)NC2CC2)c1. The second kappa shape index (κ2) is 5.88. The molecule has 0 unspecified atom stereocenters. The first-order chi connectivity index (χ1) is 12.0. The molecule has 1 atom stereocenters. The Morgan fingerprint density at radius 3 is 2.64 bits per heavy atom. The average molecular weight is 356 g/mol. The van der Waals surface area contributed by atoms with Crippen LogP contribution in [-0.4, -0.2) is 26.4 Å². The average Bonchev–Trinajstić information content (AvgIpc) is 3.33. The molecule has 2 aliphatic rings. The zero-order valence-electron chi connectivity index (χ0n) is 14.0. The van der Waals surface area contributed by atoms with Gasteiger partial charge in [0.1, 0.15) is 0 Å². The first-order valence-electron chi connectivity index (χ1n) is 8.50. The Morgan fingerprint density at radius 2 is 1.88 bits per heavy atom. The Hall–Kier alpha value is -2.34. The van der Waals surface area contributed by atoms with Gasteiger partial charge in [0.25, 0.3) is 15.9 Å². The number of hydrogen-bond acceptors (Lipinski definition) is 3. The smallest absolute Gasteiger partial charge is 0.264 e. The third kappa shape index (κ3) is 2.91.